The molecule has 0 aliphatic carbocycles. The summed E-state index contributed by atoms with van der Waals surface area (Å²) in [4.78, 5) is 12.1. The highest BCUT2D eigenvalue weighted by molar-refractivity contribution is 5.59. The van der Waals surface area contributed by atoms with E-state index >= 15 is 0 Å². The summed E-state index contributed by atoms with van der Waals surface area (Å²) in [5.41, 5.74) is 0.659. The number of benzene rings is 1. The Balaban J connectivity index is 2.79. The molecular weight excluding hydrogens is 246 g/mol. The highest BCUT2D eigenvalue weighted by Gasteiger charge is 2.15. The molecule has 102 valence electrons. The van der Waals surface area contributed by atoms with E-state index in [2.05, 4.69) is 0 Å². The van der Waals surface area contributed by atoms with Gasteiger partial charge in [0, 0.05) is 25.3 Å². The highest BCUT2D eigenvalue weighted by atomic mass is 16.6. The molecule has 1 aromatic rings. The molecule has 0 bridgehead atoms. The number of nitro groups is 1. The van der Waals surface area contributed by atoms with E-state index in [9.17, 15) is 10.1 Å². The normalized spacial score (nSPS) is 10.3. The Labute approximate surface area is 112 Å². The zero-order chi connectivity index (χ0) is 14.4. The van der Waals surface area contributed by atoms with Gasteiger partial charge in [0.2, 0.25) is 0 Å². The standard InChI is InChI=1S/C13H17N3O3/c1-10(2)19-7-6-15(3)12-4-5-13(16(17)18)11(8-12)9-14/h4-5,8,10H,6-7H2,1-3H3. The summed E-state index contributed by atoms with van der Waals surface area (Å²) >= 11 is 0. The van der Waals surface area contributed by atoms with Crippen molar-refractivity contribution in [2.24, 2.45) is 0 Å². The van der Waals surface area contributed by atoms with Crippen LogP contribution in [-0.2, 0) is 4.74 Å². The highest BCUT2D eigenvalue weighted by Crippen LogP contribution is 2.23. The van der Waals surface area contributed by atoms with E-state index in [1.807, 2.05) is 31.9 Å². The number of hydrogen-bond acceptors (Lipinski definition) is 5. The lowest BCUT2D eigenvalue weighted by Gasteiger charge is -2.20. The summed E-state index contributed by atoms with van der Waals surface area (Å²) in [7, 11) is 1.85. The average molecular weight is 263 g/mol. The minimum absolute atomic E-state index is 0.0686. The molecule has 0 amide bonds. The molecule has 6 heteroatoms. The summed E-state index contributed by atoms with van der Waals surface area (Å²) < 4.78 is 5.44. The number of anilines is 1. The number of nitrogens with zero attached hydrogens (tertiary/aromatic N) is 3. The third kappa shape index (κ3) is 4.23. The number of nitriles is 1. The summed E-state index contributed by atoms with van der Waals surface area (Å²) in [5, 5.41) is 19.7. The Kier molecular flexibility index (Phi) is 5.27. The number of likely N-dealkylation sites (N-methyl/N-ethyl adjacent to an activating group) is 1. The van der Waals surface area contributed by atoms with Crippen molar-refractivity contribution in [2.45, 2.75) is 20.0 Å². The van der Waals surface area contributed by atoms with E-state index in [-0.39, 0.29) is 17.4 Å². The van der Waals surface area contributed by atoms with Gasteiger partial charge < -0.3 is 9.64 Å². The fourth-order valence-corrected chi connectivity index (χ4v) is 1.56. The molecule has 1 rings (SSSR count). The monoisotopic (exact) mass is 263 g/mol. The number of hydrogen-bond donors (Lipinski definition) is 0. The van der Waals surface area contributed by atoms with Gasteiger partial charge in [0.15, 0.2) is 0 Å². The van der Waals surface area contributed by atoms with E-state index in [4.69, 9.17) is 10.00 Å². The van der Waals surface area contributed by atoms with Crippen molar-refractivity contribution >= 4 is 11.4 Å². The fraction of sp³-hybridized carbons (Fsp3) is 0.462. The molecule has 6 nitrogen and oxygen atoms in total. The first-order valence-corrected chi connectivity index (χ1v) is 5.97. The molecule has 0 saturated heterocycles. The predicted octanol–water partition coefficient (Wildman–Crippen LogP) is 2.33. The summed E-state index contributed by atoms with van der Waals surface area (Å²) in [6.45, 7) is 5.13. The van der Waals surface area contributed by atoms with Crippen molar-refractivity contribution in [3.8, 4) is 6.07 Å². The van der Waals surface area contributed by atoms with Crippen molar-refractivity contribution in [1.82, 2.24) is 0 Å². The topological polar surface area (TPSA) is 79.4 Å². The largest absolute Gasteiger partial charge is 0.377 e. The number of nitro benzene ring substituents is 1. The zero-order valence-corrected chi connectivity index (χ0v) is 11.3. The van der Waals surface area contributed by atoms with E-state index in [1.54, 1.807) is 6.07 Å². The molecule has 0 unspecified atom stereocenters. The van der Waals surface area contributed by atoms with Crippen LogP contribution >= 0.6 is 0 Å². The van der Waals surface area contributed by atoms with Gasteiger partial charge in [-0.1, -0.05) is 0 Å². The van der Waals surface area contributed by atoms with Crippen LogP contribution in [0.15, 0.2) is 18.2 Å². The number of ether oxygens (including phenoxy) is 1. The van der Waals surface area contributed by atoms with Gasteiger partial charge in [-0.25, -0.2) is 0 Å². The van der Waals surface area contributed by atoms with Crippen LogP contribution in [0.2, 0.25) is 0 Å². The minimum atomic E-state index is -0.551. The van der Waals surface area contributed by atoms with Crippen LogP contribution in [0, 0.1) is 21.4 Å². The third-order valence-electron chi connectivity index (χ3n) is 2.62. The Bertz CT molecular complexity index is 494. The Hall–Kier alpha value is -2.13. The first-order chi connectivity index (χ1) is 8.95. The third-order valence-corrected chi connectivity index (χ3v) is 2.62. The molecule has 0 aliphatic rings. The molecule has 0 aliphatic heterocycles. The fourth-order valence-electron chi connectivity index (χ4n) is 1.56. The molecule has 19 heavy (non-hydrogen) atoms. The van der Waals surface area contributed by atoms with Gasteiger partial charge in [-0.05, 0) is 26.0 Å². The summed E-state index contributed by atoms with van der Waals surface area (Å²) in [6.07, 6.45) is 0.167. The van der Waals surface area contributed by atoms with Gasteiger partial charge >= 0.3 is 0 Å². The molecule has 0 saturated carbocycles. The smallest absolute Gasteiger partial charge is 0.287 e. The average Bonchev–Trinajstić information content (AvgIpc) is 2.37. The second kappa shape index (κ2) is 6.71. The summed E-state index contributed by atoms with van der Waals surface area (Å²) in [5.74, 6) is 0. The Morgan fingerprint density at radius 1 is 1.53 bits per heavy atom. The van der Waals surface area contributed by atoms with Crippen LogP contribution in [-0.4, -0.2) is 31.2 Å². The maximum Gasteiger partial charge on any atom is 0.287 e. The van der Waals surface area contributed by atoms with Crippen LogP contribution < -0.4 is 4.90 Å². The molecule has 0 radical (unpaired) electrons. The van der Waals surface area contributed by atoms with E-state index in [0.29, 0.717) is 13.2 Å². The van der Waals surface area contributed by atoms with Crippen molar-refractivity contribution in [3.05, 3.63) is 33.9 Å². The Morgan fingerprint density at radius 2 is 2.21 bits per heavy atom. The Morgan fingerprint density at radius 3 is 2.74 bits per heavy atom. The molecular formula is C13H17N3O3. The quantitative estimate of drug-likeness (QED) is 0.581. The maximum atomic E-state index is 10.7. The van der Waals surface area contributed by atoms with E-state index in [0.717, 1.165) is 5.69 Å². The predicted molar refractivity (Wildman–Crippen MR) is 72.2 cm³/mol. The van der Waals surface area contributed by atoms with Gasteiger partial charge in [0.05, 0.1) is 17.6 Å². The van der Waals surface area contributed by atoms with E-state index < -0.39 is 4.92 Å². The van der Waals surface area contributed by atoms with Crippen LogP contribution in [0.5, 0.6) is 0 Å². The van der Waals surface area contributed by atoms with Crippen LogP contribution in [0.4, 0.5) is 11.4 Å². The molecule has 0 atom stereocenters. The lowest BCUT2D eigenvalue weighted by molar-refractivity contribution is -0.385. The lowest BCUT2D eigenvalue weighted by Crippen LogP contribution is -2.24. The van der Waals surface area contributed by atoms with Crippen LogP contribution in [0.1, 0.15) is 19.4 Å². The van der Waals surface area contributed by atoms with E-state index in [1.165, 1.54) is 12.1 Å². The van der Waals surface area contributed by atoms with Gasteiger partial charge in [-0.2, -0.15) is 5.26 Å². The molecule has 0 fully saturated rings. The van der Waals surface area contributed by atoms with Crippen molar-refractivity contribution in [3.63, 3.8) is 0 Å². The van der Waals surface area contributed by atoms with Gasteiger partial charge in [0.1, 0.15) is 11.6 Å². The maximum absolute atomic E-state index is 10.7. The molecule has 0 aromatic heterocycles. The zero-order valence-electron chi connectivity index (χ0n) is 11.3. The SMILES string of the molecule is CC(C)OCCN(C)c1ccc([N+](=O)[O-])c(C#N)c1. The second-order valence-electron chi connectivity index (χ2n) is 4.41. The van der Waals surface area contributed by atoms with Gasteiger partial charge in [-0.3, -0.25) is 10.1 Å². The van der Waals surface area contributed by atoms with Gasteiger partial charge in [-0.15, -0.1) is 0 Å². The van der Waals surface area contributed by atoms with Crippen molar-refractivity contribution < 1.29 is 9.66 Å². The molecule has 0 heterocycles. The van der Waals surface area contributed by atoms with Crippen LogP contribution in [0.3, 0.4) is 0 Å². The van der Waals surface area contributed by atoms with Crippen LogP contribution in [0.25, 0.3) is 0 Å². The van der Waals surface area contributed by atoms with Crippen molar-refractivity contribution in [2.75, 3.05) is 25.1 Å². The number of rotatable bonds is 6. The lowest BCUT2D eigenvalue weighted by atomic mass is 10.1. The summed E-state index contributed by atoms with van der Waals surface area (Å²) in [6, 6.07) is 6.36. The van der Waals surface area contributed by atoms with Gasteiger partial charge in [0.25, 0.3) is 5.69 Å². The second-order valence-corrected chi connectivity index (χ2v) is 4.41. The van der Waals surface area contributed by atoms with Crippen molar-refractivity contribution in [1.29, 1.82) is 5.26 Å². The first-order valence-electron chi connectivity index (χ1n) is 5.97. The molecule has 0 N–H and O–H groups in total. The molecule has 0 spiro atoms. The minimum Gasteiger partial charge on any atom is -0.377 e. The molecule has 1 aromatic carbocycles. The first kappa shape index (κ1) is 14.9.